The van der Waals surface area contributed by atoms with E-state index in [1.165, 1.54) is 29.5 Å². The smallest absolute Gasteiger partial charge is 0.0418 e. The van der Waals surface area contributed by atoms with E-state index < -0.39 is 0 Å². The van der Waals surface area contributed by atoms with E-state index in [4.69, 9.17) is 0 Å². The van der Waals surface area contributed by atoms with Gasteiger partial charge in [0.15, 0.2) is 0 Å². The Morgan fingerprint density at radius 1 is 0.947 bits per heavy atom. The molecule has 0 aliphatic heterocycles. The Hall–Kier alpha value is -1.60. The molecule has 0 amide bonds. The lowest BCUT2D eigenvalue weighted by atomic mass is 9.82. The van der Waals surface area contributed by atoms with Gasteiger partial charge in [-0.15, -0.1) is 0 Å². The zero-order chi connectivity index (χ0) is 13.3. The molecule has 1 atom stereocenters. The molecule has 1 nitrogen and oxygen atoms in total. The summed E-state index contributed by atoms with van der Waals surface area (Å²) in [5.41, 5.74) is 4.58. The van der Waals surface area contributed by atoms with Crippen molar-refractivity contribution in [2.24, 2.45) is 0 Å². The second-order valence-corrected chi connectivity index (χ2v) is 5.60. The number of benzene rings is 2. The van der Waals surface area contributed by atoms with Gasteiger partial charge >= 0.3 is 0 Å². The lowest BCUT2D eigenvalue weighted by Gasteiger charge is -2.29. The molecule has 0 spiro atoms. The minimum absolute atomic E-state index is 0.294. The molecule has 1 fully saturated rings. The van der Waals surface area contributed by atoms with Crippen molar-refractivity contribution in [3.05, 3.63) is 71.3 Å². The van der Waals surface area contributed by atoms with E-state index in [1.54, 1.807) is 0 Å². The van der Waals surface area contributed by atoms with Gasteiger partial charge in [-0.05, 0) is 43.5 Å². The molecule has 0 saturated heterocycles. The summed E-state index contributed by atoms with van der Waals surface area (Å²) in [5, 5.41) is 3.56. The standard InChI is InChI=1S/C18H21N/c1-14-8-6-7-11-16(14)17(19-2)18(12-13-18)15-9-4-3-5-10-15/h3-11,17,19H,12-13H2,1-2H3. The molecule has 0 aromatic heterocycles. The Labute approximate surface area is 115 Å². The van der Waals surface area contributed by atoms with Crippen LogP contribution < -0.4 is 5.32 Å². The Morgan fingerprint density at radius 2 is 1.58 bits per heavy atom. The van der Waals surface area contributed by atoms with Crippen LogP contribution in [-0.2, 0) is 5.41 Å². The van der Waals surface area contributed by atoms with Gasteiger partial charge in [0.25, 0.3) is 0 Å². The summed E-state index contributed by atoms with van der Waals surface area (Å²) in [4.78, 5) is 0. The molecular formula is C18H21N. The van der Waals surface area contributed by atoms with Crippen molar-refractivity contribution in [1.82, 2.24) is 5.32 Å². The minimum atomic E-state index is 0.294. The summed E-state index contributed by atoms with van der Waals surface area (Å²) in [5.74, 6) is 0. The van der Waals surface area contributed by atoms with Crippen molar-refractivity contribution in [2.45, 2.75) is 31.2 Å². The van der Waals surface area contributed by atoms with Crippen LogP contribution in [0.3, 0.4) is 0 Å². The van der Waals surface area contributed by atoms with Crippen LogP contribution in [-0.4, -0.2) is 7.05 Å². The molecular weight excluding hydrogens is 230 g/mol. The summed E-state index contributed by atoms with van der Waals surface area (Å²) in [7, 11) is 2.08. The molecule has 1 heteroatoms. The molecule has 1 aliphatic carbocycles. The first-order valence-corrected chi connectivity index (χ1v) is 7.06. The fraction of sp³-hybridized carbons (Fsp3) is 0.333. The summed E-state index contributed by atoms with van der Waals surface area (Å²) < 4.78 is 0. The normalized spacial score (nSPS) is 18.0. The van der Waals surface area contributed by atoms with Gasteiger partial charge in [-0.25, -0.2) is 0 Å². The molecule has 19 heavy (non-hydrogen) atoms. The van der Waals surface area contributed by atoms with Gasteiger partial charge in [-0.1, -0.05) is 54.6 Å². The van der Waals surface area contributed by atoms with E-state index in [0.717, 1.165) is 0 Å². The van der Waals surface area contributed by atoms with Crippen LogP contribution in [0.4, 0.5) is 0 Å². The van der Waals surface area contributed by atoms with Crippen LogP contribution in [0, 0.1) is 6.92 Å². The van der Waals surface area contributed by atoms with Gasteiger partial charge in [0.1, 0.15) is 0 Å². The topological polar surface area (TPSA) is 12.0 Å². The molecule has 0 radical (unpaired) electrons. The maximum absolute atomic E-state index is 3.56. The van der Waals surface area contributed by atoms with Crippen LogP contribution >= 0.6 is 0 Å². The lowest BCUT2D eigenvalue weighted by molar-refractivity contribution is 0.461. The van der Waals surface area contributed by atoms with Crippen molar-refractivity contribution in [1.29, 1.82) is 0 Å². The Kier molecular flexibility index (Phi) is 3.16. The van der Waals surface area contributed by atoms with E-state index in [0.29, 0.717) is 11.5 Å². The van der Waals surface area contributed by atoms with E-state index >= 15 is 0 Å². The van der Waals surface area contributed by atoms with Crippen molar-refractivity contribution in [2.75, 3.05) is 7.05 Å². The third kappa shape index (κ3) is 2.08. The molecule has 98 valence electrons. The first kappa shape index (κ1) is 12.4. The average molecular weight is 251 g/mol. The molecule has 1 saturated carbocycles. The van der Waals surface area contributed by atoms with Gasteiger partial charge in [-0.2, -0.15) is 0 Å². The van der Waals surface area contributed by atoms with E-state index in [1.807, 2.05) is 0 Å². The van der Waals surface area contributed by atoms with Crippen LogP contribution in [0.25, 0.3) is 0 Å². The predicted molar refractivity (Wildman–Crippen MR) is 80.3 cm³/mol. The number of nitrogens with one attached hydrogen (secondary N) is 1. The maximum atomic E-state index is 3.56. The molecule has 2 aromatic carbocycles. The average Bonchev–Trinajstić information content (AvgIpc) is 3.24. The Balaban J connectivity index is 2.02. The Morgan fingerprint density at radius 3 is 2.16 bits per heavy atom. The predicted octanol–water partition coefficient (Wildman–Crippen LogP) is 3.99. The van der Waals surface area contributed by atoms with Gasteiger partial charge < -0.3 is 5.32 Å². The molecule has 0 heterocycles. The highest BCUT2D eigenvalue weighted by Crippen LogP contribution is 2.56. The van der Waals surface area contributed by atoms with Crippen LogP contribution in [0.2, 0.25) is 0 Å². The van der Waals surface area contributed by atoms with Gasteiger partial charge in [0.05, 0.1) is 0 Å². The van der Waals surface area contributed by atoms with Crippen LogP contribution in [0.5, 0.6) is 0 Å². The maximum Gasteiger partial charge on any atom is 0.0418 e. The fourth-order valence-electron chi connectivity index (χ4n) is 3.29. The SMILES string of the molecule is CNC(c1ccccc1C)C1(c2ccccc2)CC1. The molecule has 1 aliphatic rings. The monoisotopic (exact) mass is 251 g/mol. The van der Waals surface area contributed by atoms with E-state index in [-0.39, 0.29) is 0 Å². The van der Waals surface area contributed by atoms with Crippen LogP contribution in [0.15, 0.2) is 54.6 Å². The minimum Gasteiger partial charge on any atom is -0.312 e. The van der Waals surface area contributed by atoms with Crippen molar-refractivity contribution >= 4 is 0 Å². The van der Waals surface area contributed by atoms with Gasteiger partial charge in [-0.3, -0.25) is 0 Å². The third-order valence-corrected chi connectivity index (χ3v) is 4.48. The lowest BCUT2D eigenvalue weighted by Crippen LogP contribution is -2.30. The molecule has 3 rings (SSSR count). The zero-order valence-corrected chi connectivity index (χ0v) is 11.7. The number of aryl methyl sites for hydroxylation is 1. The second kappa shape index (κ2) is 4.82. The largest absolute Gasteiger partial charge is 0.312 e. The molecule has 2 aromatic rings. The third-order valence-electron chi connectivity index (χ3n) is 4.48. The van der Waals surface area contributed by atoms with Crippen molar-refractivity contribution < 1.29 is 0 Å². The molecule has 0 bridgehead atoms. The van der Waals surface area contributed by atoms with Crippen molar-refractivity contribution in [3.63, 3.8) is 0 Å². The number of hydrogen-bond acceptors (Lipinski definition) is 1. The highest BCUT2D eigenvalue weighted by Gasteiger charge is 2.50. The highest BCUT2D eigenvalue weighted by molar-refractivity contribution is 5.41. The van der Waals surface area contributed by atoms with Gasteiger partial charge in [0.2, 0.25) is 0 Å². The summed E-state index contributed by atoms with van der Waals surface area (Å²) >= 11 is 0. The zero-order valence-electron chi connectivity index (χ0n) is 11.7. The summed E-state index contributed by atoms with van der Waals surface area (Å²) in [6, 6.07) is 20.1. The fourth-order valence-corrected chi connectivity index (χ4v) is 3.29. The summed E-state index contributed by atoms with van der Waals surface area (Å²) in [6.45, 7) is 2.21. The van der Waals surface area contributed by atoms with E-state index in [9.17, 15) is 0 Å². The van der Waals surface area contributed by atoms with Gasteiger partial charge in [0, 0.05) is 11.5 Å². The van der Waals surface area contributed by atoms with Crippen LogP contribution in [0.1, 0.15) is 35.6 Å². The quantitative estimate of drug-likeness (QED) is 0.866. The number of likely N-dealkylation sites (N-methyl/N-ethyl adjacent to an activating group) is 1. The first-order chi connectivity index (χ1) is 9.28. The van der Waals surface area contributed by atoms with E-state index in [2.05, 4.69) is 73.9 Å². The van der Waals surface area contributed by atoms with Crippen molar-refractivity contribution in [3.8, 4) is 0 Å². The number of hydrogen-bond donors (Lipinski definition) is 1. The molecule has 1 unspecified atom stereocenters. The number of rotatable bonds is 4. The first-order valence-electron chi connectivity index (χ1n) is 7.06. The second-order valence-electron chi connectivity index (χ2n) is 5.60. The highest BCUT2D eigenvalue weighted by atomic mass is 14.9. The molecule has 1 N–H and O–H groups in total. The summed E-state index contributed by atoms with van der Waals surface area (Å²) in [6.07, 6.45) is 2.55. The Bertz CT molecular complexity index is 555.